The molecule has 0 bridgehead atoms. The van der Waals surface area contributed by atoms with Gasteiger partial charge in [0.1, 0.15) is 11.4 Å². The fourth-order valence-electron chi connectivity index (χ4n) is 4.08. The topological polar surface area (TPSA) is 69.4 Å². The molecule has 142 valence electrons. The summed E-state index contributed by atoms with van der Waals surface area (Å²) in [4.78, 5) is 8.31. The summed E-state index contributed by atoms with van der Waals surface area (Å²) in [5, 5.41) is 13.9. The quantitative estimate of drug-likeness (QED) is 0.371. The highest BCUT2D eigenvalue weighted by molar-refractivity contribution is 14.2. The zero-order chi connectivity index (χ0) is 20.1. The Balaban J connectivity index is 2.00. The summed E-state index contributed by atoms with van der Waals surface area (Å²) in [5.74, 6) is 0.836. The molecule has 4 aromatic rings. The Morgan fingerprint density at radius 3 is 2.71 bits per heavy atom. The smallest absolute Gasteiger partial charge is 0.132 e. The Morgan fingerprint density at radius 1 is 1.25 bits per heavy atom. The third-order valence-corrected chi connectivity index (χ3v) is 7.21. The number of hydrogen-bond donors (Lipinski definition) is 2. The number of halogens is 1. The number of benzene rings is 2. The van der Waals surface area contributed by atoms with Crippen molar-refractivity contribution in [1.29, 1.82) is 5.26 Å². The van der Waals surface area contributed by atoms with Crippen molar-refractivity contribution in [3.63, 3.8) is 0 Å². The number of nitrogens with one attached hydrogen (secondary N) is 2. The lowest BCUT2D eigenvalue weighted by molar-refractivity contribution is 0.462. The normalized spacial score (nSPS) is 13.7. The number of nitrogens with zero attached hydrogens (tertiary/aromatic N) is 3. The van der Waals surface area contributed by atoms with E-state index >= 15 is 0 Å². The van der Waals surface area contributed by atoms with E-state index in [-0.39, 0.29) is 0 Å². The van der Waals surface area contributed by atoms with Gasteiger partial charge < -0.3 is 10.3 Å². The Bertz CT molecular complexity index is 1250. The minimum atomic E-state index is -0.510. The molecule has 2 N–H and O–H groups in total. The maximum atomic E-state index is 9.19. The van der Waals surface area contributed by atoms with Crippen molar-refractivity contribution in [3.05, 3.63) is 64.6 Å². The van der Waals surface area contributed by atoms with Gasteiger partial charge in [0.25, 0.3) is 0 Å². The van der Waals surface area contributed by atoms with Crippen LogP contribution in [0.3, 0.4) is 0 Å². The first-order valence-electron chi connectivity index (χ1n) is 8.93. The lowest BCUT2D eigenvalue weighted by Gasteiger charge is -2.30. The van der Waals surface area contributed by atoms with Crippen LogP contribution in [0, 0.1) is 25.2 Å². The van der Waals surface area contributed by atoms with Crippen LogP contribution in [0.4, 0.5) is 0 Å². The van der Waals surface area contributed by atoms with Gasteiger partial charge in [0, 0.05) is 41.9 Å². The van der Waals surface area contributed by atoms with Crippen molar-refractivity contribution in [3.8, 4) is 6.07 Å². The van der Waals surface area contributed by atoms with Crippen molar-refractivity contribution in [2.24, 2.45) is 0 Å². The molecular weight excluding hydrogens is 481 g/mol. The molecule has 0 aliphatic carbocycles. The SMILES string of the molecule is CNC(C)(c1nc2ccc(C#N)cc2[nH]1)c1c(C)cc(C)c2c1ccn2SI. The van der Waals surface area contributed by atoms with Crippen LogP contribution in [0.15, 0.2) is 36.5 Å². The number of fused-ring (bicyclic) bond motifs is 2. The Hall–Kier alpha value is -2.02. The van der Waals surface area contributed by atoms with Gasteiger partial charge in [-0.05, 0) is 68.8 Å². The van der Waals surface area contributed by atoms with E-state index in [1.165, 1.54) is 27.6 Å². The van der Waals surface area contributed by atoms with Crippen LogP contribution in [-0.4, -0.2) is 21.0 Å². The van der Waals surface area contributed by atoms with E-state index in [2.05, 4.69) is 80.6 Å². The van der Waals surface area contributed by atoms with Crippen molar-refractivity contribution in [2.45, 2.75) is 26.3 Å². The van der Waals surface area contributed by atoms with Crippen LogP contribution < -0.4 is 5.32 Å². The number of imidazole rings is 1. The summed E-state index contributed by atoms with van der Waals surface area (Å²) in [5.41, 5.74) is 6.75. The minimum Gasteiger partial charge on any atom is -0.340 e. The summed E-state index contributed by atoms with van der Waals surface area (Å²) >= 11 is 2.31. The molecule has 0 fully saturated rings. The van der Waals surface area contributed by atoms with Gasteiger partial charge in [-0.15, -0.1) is 0 Å². The molecule has 0 aliphatic rings. The van der Waals surface area contributed by atoms with Gasteiger partial charge >= 0.3 is 0 Å². The monoisotopic (exact) mass is 501 g/mol. The van der Waals surface area contributed by atoms with E-state index in [0.29, 0.717) is 5.56 Å². The molecule has 2 aromatic heterocycles. The van der Waals surface area contributed by atoms with Crippen molar-refractivity contribution < 1.29 is 0 Å². The van der Waals surface area contributed by atoms with Gasteiger partial charge in [0.15, 0.2) is 0 Å². The maximum absolute atomic E-state index is 9.19. The van der Waals surface area contributed by atoms with Gasteiger partial charge in [0.2, 0.25) is 0 Å². The van der Waals surface area contributed by atoms with Crippen LogP contribution in [0.25, 0.3) is 21.9 Å². The highest BCUT2D eigenvalue weighted by Gasteiger charge is 2.34. The van der Waals surface area contributed by atoms with Crippen molar-refractivity contribution in [1.82, 2.24) is 19.3 Å². The molecule has 4 rings (SSSR count). The van der Waals surface area contributed by atoms with Crippen molar-refractivity contribution in [2.75, 3.05) is 7.05 Å². The summed E-state index contributed by atoms with van der Waals surface area (Å²) in [6.45, 7) is 6.47. The van der Waals surface area contributed by atoms with E-state index in [1.54, 1.807) is 15.2 Å². The predicted molar refractivity (Wildman–Crippen MR) is 125 cm³/mol. The number of hydrogen-bond acceptors (Lipinski definition) is 4. The number of rotatable bonds is 4. The summed E-state index contributed by atoms with van der Waals surface area (Å²) in [6, 6.07) is 12.2. The third-order valence-electron chi connectivity index (χ3n) is 5.48. The molecule has 2 heterocycles. The largest absolute Gasteiger partial charge is 0.340 e. The Kier molecular flexibility index (Phi) is 4.89. The first kappa shape index (κ1) is 19.3. The molecule has 5 nitrogen and oxygen atoms in total. The van der Waals surface area contributed by atoms with Gasteiger partial charge in [-0.1, -0.05) is 6.07 Å². The average molecular weight is 501 g/mol. The molecule has 2 aromatic carbocycles. The number of aromatic amines is 1. The van der Waals surface area contributed by atoms with Crippen LogP contribution in [-0.2, 0) is 5.54 Å². The first-order valence-corrected chi connectivity index (χ1v) is 12.2. The third kappa shape index (κ3) is 2.82. The number of aromatic nitrogens is 3. The Labute approximate surface area is 180 Å². The highest BCUT2D eigenvalue weighted by Crippen LogP contribution is 2.39. The molecule has 0 radical (unpaired) electrons. The summed E-state index contributed by atoms with van der Waals surface area (Å²) in [6.07, 6.45) is 2.12. The minimum absolute atomic E-state index is 0.510. The fraction of sp³-hybridized carbons (Fsp3) is 0.238. The van der Waals surface area contributed by atoms with Crippen LogP contribution in [0.1, 0.15) is 35.0 Å². The van der Waals surface area contributed by atoms with Gasteiger partial charge in [-0.2, -0.15) is 5.26 Å². The van der Waals surface area contributed by atoms with Crippen LogP contribution >= 0.6 is 30.3 Å². The second-order valence-corrected chi connectivity index (χ2v) is 8.88. The molecule has 7 heteroatoms. The lowest BCUT2D eigenvalue weighted by atomic mass is 9.84. The van der Waals surface area contributed by atoms with E-state index in [0.717, 1.165) is 16.9 Å². The van der Waals surface area contributed by atoms with Crippen molar-refractivity contribution >= 4 is 52.3 Å². The zero-order valence-electron chi connectivity index (χ0n) is 16.1. The van der Waals surface area contributed by atoms with E-state index in [4.69, 9.17) is 4.98 Å². The first-order chi connectivity index (χ1) is 13.4. The van der Waals surface area contributed by atoms with Gasteiger partial charge in [-0.25, -0.2) is 4.98 Å². The van der Waals surface area contributed by atoms with Gasteiger partial charge in [-0.3, -0.25) is 3.97 Å². The van der Waals surface area contributed by atoms with Crippen LogP contribution in [0.5, 0.6) is 0 Å². The number of aryl methyl sites for hydroxylation is 2. The molecule has 0 saturated heterocycles. The summed E-state index contributed by atoms with van der Waals surface area (Å²) in [7, 11) is 3.63. The fourth-order valence-corrected chi connectivity index (χ4v) is 5.48. The van der Waals surface area contributed by atoms with Crippen LogP contribution in [0.2, 0.25) is 0 Å². The lowest BCUT2D eigenvalue weighted by Crippen LogP contribution is -2.40. The molecule has 0 spiro atoms. The summed E-state index contributed by atoms with van der Waals surface area (Å²) < 4.78 is 2.20. The zero-order valence-corrected chi connectivity index (χ0v) is 19.1. The molecule has 0 aliphatic heterocycles. The second kappa shape index (κ2) is 7.10. The van der Waals surface area contributed by atoms with E-state index in [9.17, 15) is 5.26 Å². The molecule has 1 unspecified atom stereocenters. The number of H-pyrrole nitrogens is 1. The maximum Gasteiger partial charge on any atom is 0.132 e. The second-order valence-electron chi connectivity index (χ2n) is 7.16. The average Bonchev–Trinajstić information content (AvgIpc) is 3.31. The van der Waals surface area contributed by atoms with E-state index in [1.807, 2.05) is 19.2 Å². The van der Waals surface area contributed by atoms with Gasteiger partial charge in [0.05, 0.1) is 28.2 Å². The standard InChI is InChI=1S/C21H20IN5S/c1-12-9-13(2)19-15(7-8-27(19)28-22)18(12)21(3,24-4)20-25-16-6-5-14(11-23)10-17(16)26-20/h5-10,24H,1-4H3,(H,25,26). The molecule has 28 heavy (non-hydrogen) atoms. The number of nitriles is 1. The highest BCUT2D eigenvalue weighted by atomic mass is 127. The molecule has 0 saturated carbocycles. The molecule has 1 atom stereocenters. The Morgan fingerprint density at radius 2 is 2.04 bits per heavy atom. The molecular formula is C21H20IN5S. The molecule has 0 amide bonds. The predicted octanol–water partition coefficient (Wildman–Crippen LogP) is 5.34. The van der Waals surface area contributed by atoms with E-state index < -0.39 is 5.54 Å².